The molecule has 2 saturated heterocycles. The van der Waals surface area contributed by atoms with Crippen LogP contribution in [0.4, 0.5) is 5.95 Å². The minimum absolute atomic E-state index is 0.142. The van der Waals surface area contributed by atoms with E-state index in [4.69, 9.17) is 14.6 Å². The molecule has 1 amide bonds. The van der Waals surface area contributed by atoms with Gasteiger partial charge in [-0.1, -0.05) is 6.07 Å². The summed E-state index contributed by atoms with van der Waals surface area (Å²) in [5.41, 5.74) is 4.17. The van der Waals surface area contributed by atoms with E-state index in [2.05, 4.69) is 20.2 Å². The predicted octanol–water partition coefficient (Wildman–Crippen LogP) is 2.48. The summed E-state index contributed by atoms with van der Waals surface area (Å²) >= 11 is 0. The van der Waals surface area contributed by atoms with Crippen LogP contribution in [-0.4, -0.2) is 76.5 Å². The topological polar surface area (TPSA) is 97.6 Å². The molecule has 0 radical (unpaired) electrons. The zero-order chi connectivity index (χ0) is 26.2. The van der Waals surface area contributed by atoms with Crippen molar-refractivity contribution in [3.63, 3.8) is 0 Å². The van der Waals surface area contributed by atoms with Gasteiger partial charge in [-0.15, -0.1) is 0 Å². The van der Waals surface area contributed by atoms with Crippen molar-refractivity contribution in [3.8, 4) is 22.6 Å². The molecular formula is C27H35N7O3. The molecule has 2 aliphatic rings. The zero-order valence-corrected chi connectivity index (χ0v) is 22.2. The van der Waals surface area contributed by atoms with Gasteiger partial charge in [-0.3, -0.25) is 9.48 Å². The molecular weight excluding hydrogens is 470 g/mol. The molecule has 0 unspecified atom stereocenters. The number of hydrogen-bond donors (Lipinski definition) is 1. The van der Waals surface area contributed by atoms with Crippen molar-refractivity contribution in [2.24, 2.45) is 7.05 Å². The lowest BCUT2D eigenvalue weighted by Gasteiger charge is -2.47. The monoisotopic (exact) mass is 505 g/mol. The van der Waals surface area contributed by atoms with Crippen molar-refractivity contribution in [3.05, 3.63) is 47.5 Å². The highest BCUT2D eigenvalue weighted by Crippen LogP contribution is 2.35. The van der Waals surface area contributed by atoms with Gasteiger partial charge in [0, 0.05) is 56.4 Å². The van der Waals surface area contributed by atoms with Crippen molar-refractivity contribution < 1.29 is 14.3 Å². The molecule has 2 fully saturated rings. The number of rotatable bonds is 6. The SMILES string of the molecule is COc1ccc(-c2cn(C)nc2CN2CCNC3(CCN(c4nc(C)cc(C)n4)CC3)C2=O)cc1OC. The predicted molar refractivity (Wildman–Crippen MR) is 141 cm³/mol. The summed E-state index contributed by atoms with van der Waals surface area (Å²) in [6.45, 7) is 7.29. The van der Waals surface area contributed by atoms with Crippen LogP contribution < -0.4 is 19.7 Å². The molecule has 10 heteroatoms. The molecule has 37 heavy (non-hydrogen) atoms. The summed E-state index contributed by atoms with van der Waals surface area (Å²) in [7, 11) is 5.15. The highest BCUT2D eigenvalue weighted by molar-refractivity contribution is 5.87. The van der Waals surface area contributed by atoms with Crippen LogP contribution in [-0.2, 0) is 18.4 Å². The van der Waals surface area contributed by atoms with E-state index in [9.17, 15) is 4.79 Å². The van der Waals surface area contributed by atoms with E-state index in [-0.39, 0.29) is 5.91 Å². The summed E-state index contributed by atoms with van der Waals surface area (Å²) in [5.74, 6) is 2.23. The molecule has 10 nitrogen and oxygen atoms in total. The standard InChI is InChI=1S/C27H35N7O3/c1-18-14-19(2)30-26(29-18)33-11-8-27(9-12-33)25(35)34(13-10-28-27)17-22-21(16-32(3)31-22)20-6-7-23(36-4)24(15-20)37-5/h6-7,14-16,28H,8-13,17H2,1-5H3. The summed E-state index contributed by atoms with van der Waals surface area (Å²) < 4.78 is 12.7. The van der Waals surface area contributed by atoms with Crippen molar-refractivity contribution >= 4 is 11.9 Å². The number of piperidine rings is 1. The Kier molecular flexibility index (Phi) is 6.76. The number of aromatic nitrogens is 4. The Balaban J connectivity index is 1.33. The average Bonchev–Trinajstić information content (AvgIpc) is 3.26. The molecule has 2 aliphatic heterocycles. The molecule has 5 rings (SSSR count). The van der Waals surface area contributed by atoms with Crippen molar-refractivity contribution in [2.75, 3.05) is 45.3 Å². The van der Waals surface area contributed by atoms with E-state index in [0.717, 1.165) is 53.8 Å². The van der Waals surface area contributed by atoms with E-state index in [1.807, 2.05) is 56.3 Å². The van der Waals surface area contributed by atoms with Gasteiger partial charge >= 0.3 is 0 Å². The zero-order valence-electron chi connectivity index (χ0n) is 22.2. The molecule has 196 valence electrons. The molecule has 2 aromatic heterocycles. The van der Waals surface area contributed by atoms with Crippen LogP contribution >= 0.6 is 0 Å². The number of piperazine rings is 1. The first-order valence-electron chi connectivity index (χ1n) is 12.7. The molecule has 4 heterocycles. The molecule has 0 aliphatic carbocycles. The van der Waals surface area contributed by atoms with E-state index in [0.29, 0.717) is 37.4 Å². The Morgan fingerprint density at radius 1 is 1.00 bits per heavy atom. The molecule has 0 saturated carbocycles. The molecule has 1 N–H and O–H groups in total. The minimum Gasteiger partial charge on any atom is -0.493 e. The molecule has 0 bridgehead atoms. The normalized spacial score (nSPS) is 17.4. The van der Waals surface area contributed by atoms with Gasteiger partial charge in [-0.2, -0.15) is 5.10 Å². The first-order valence-corrected chi connectivity index (χ1v) is 12.7. The number of benzene rings is 1. The second-order valence-electron chi connectivity index (χ2n) is 9.91. The lowest BCUT2D eigenvalue weighted by molar-refractivity contribution is -0.143. The van der Waals surface area contributed by atoms with Crippen molar-refractivity contribution in [2.45, 2.75) is 38.8 Å². The van der Waals surface area contributed by atoms with Crippen LogP contribution in [0.1, 0.15) is 29.9 Å². The van der Waals surface area contributed by atoms with Gasteiger partial charge in [0.15, 0.2) is 11.5 Å². The van der Waals surface area contributed by atoms with Gasteiger partial charge in [-0.25, -0.2) is 9.97 Å². The number of hydrogen-bond acceptors (Lipinski definition) is 8. The van der Waals surface area contributed by atoms with E-state index in [1.54, 1.807) is 18.9 Å². The van der Waals surface area contributed by atoms with Crippen LogP contribution in [0.2, 0.25) is 0 Å². The van der Waals surface area contributed by atoms with Crippen LogP contribution in [0.25, 0.3) is 11.1 Å². The maximum Gasteiger partial charge on any atom is 0.243 e. The Hall–Kier alpha value is -3.66. The Labute approximate surface area is 217 Å². The van der Waals surface area contributed by atoms with E-state index >= 15 is 0 Å². The largest absolute Gasteiger partial charge is 0.493 e. The number of amides is 1. The number of nitrogens with zero attached hydrogens (tertiary/aromatic N) is 6. The third-order valence-electron chi connectivity index (χ3n) is 7.35. The van der Waals surface area contributed by atoms with Crippen molar-refractivity contribution in [1.82, 2.24) is 30.0 Å². The maximum atomic E-state index is 13.8. The summed E-state index contributed by atoms with van der Waals surface area (Å²) in [6.07, 6.45) is 3.41. The fraction of sp³-hybridized carbons (Fsp3) is 0.481. The Morgan fingerprint density at radius 2 is 1.70 bits per heavy atom. The van der Waals surface area contributed by atoms with Gasteiger partial charge < -0.3 is 24.6 Å². The van der Waals surface area contributed by atoms with Gasteiger partial charge in [0.1, 0.15) is 5.54 Å². The number of carbonyl (C=O) groups excluding carboxylic acids is 1. The lowest BCUT2D eigenvalue weighted by atomic mass is 9.84. The van der Waals surface area contributed by atoms with E-state index in [1.165, 1.54) is 0 Å². The smallest absolute Gasteiger partial charge is 0.243 e. The highest BCUT2D eigenvalue weighted by Gasteiger charge is 2.46. The number of nitrogens with one attached hydrogen (secondary N) is 1. The van der Waals surface area contributed by atoms with Crippen LogP contribution in [0.15, 0.2) is 30.5 Å². The van der Waals surface area contributed by atoms with Crippen LogP contribution in [0.5, 0.6) is 11.5 Å². The highest BCUT2D eigenvalue weighted by atomic mass is 16.5. The lowest BCUT2D eigenvalue weighted by Crippen LogP contribution is -2.67. The Bertz CT molecular complexity index is 1280. The summed E-state index contributed by atoms with van der Waals surface area (Å²) in [4.78, 5) is 27.2. The number of carbonyl (C=O) groups is 1. The molecule has 0 atom stereocenters. The average molecular weight is 506 g/mol. The Morgan fingerprint density at radius 3 is 2.38 bits per heavy atom. The van der Waals surface area contributed by atoms with Crippen molar-refractivity contribution in [1.29, 1.82) is 0 Å². The maximum absolute atomic E-state index is 13.8. The third kappa shape index (κ3) is 4.85. The van der Waals surface area contributed by atoms with Gasteiger partial charge in [0.25, 0.3) is 0 Å². The first kappa shape index (κ1) is 25.0. The summed E-state index contributed by atoms with van der Waals surface area (Å²) in [5, 5.41) is 8.28. The summed E-state index contributed by atoms with van der Waals surface area (Å²) in [6, 6.07) is 7.81. The number of aryl methyl sites for hydroxylation is 3. The van der Waals surface area contributed by atoms with Gasteiger partial charge in [-0.05, 0) is 50.5 Å². The first-order chi connectivity index (χ1) is 17.8. The van der Waals surface area contributed by atoms with Gasteiger partial charge in [0.05, 0.1) is 26.5 Å². The molecule has 3 aromatic rings. The van der Waals surface area contributed by atoms with E-state index < -0.39 is 5.54 Å². The molecule has 1 aromatic carbocycles. The number of ether oxygens (including phenoxy) is 2. The quantitative estimate of drug-likeness (QED) is 0.546. The van der Waals surface area contributed by atoms with Crippen LogP contribution in [0, 0.1) is 13.8 Å². The second-order valence-corrected chi connectivity index (χ2v) is 9.91. The van der Waals surface area contributed by atoms with Gasteiger partial charge in [0.2, 0.25) is 11.9 Å². The minimum atomic E-state index is -0.564. The fourth-order valence-corrected chi connectivity index (χ4v) is 5.47. The number of anilines is 1. The third-order valence-corrected chi connectivity index (χ3v) is 7.35. The fourth-order valence-electron chi connectivity index (χ4n) is 5.47. The number of methoxy groups -OCH3 is 2. The van der Waals surface area contributed by atoms with Crippen LogP contribution in [0.3, 0.4) is 0 Å². The molecule has 1 spiro atoms. The second kappa shape index (κ2) is 10.0.